The van der Waals surface area contributed by atoms with Crippen LogP contribution in [0.1, 0.15) is 6.42 Å². The van der Waals surface area contributed by atoms with Crippen molar-refractivity contribution >= 4 is 17.7 Å². The number of rotatable bonds is 3. The number of carboxylic acids is 1. The van der Waals surface area contributed by atoms with Crippen LogP contribution in [0, 0.1) is 5.41 Å². The van der Waals surface area contributed by atoms with E-state index in [1.807, 2.05) is 0 Å². The maximum atomic E-state index is 9.81. The van der Waals surface area contributed by atoms with Crippen LogP contribution in [-0.2, 0) is 4.79 Å². The summed E-state index contributed by atoms with van der Waals surface area (Å²) < 4.78 is 0. The molecule has 0 heterocycles. The van der Waals surface area contributed by atoms with Crippen molar-refractivity contribution in [2.24, 2.45) is 4.99 Å². The molecule has 0 radical (unpaired) electrons. The Balaban J connectivity index is 3.42. The molecule has 0 unspecified atom stereocenters. The molecule has 4 nitrogen and oxygen atoms in total. The Labute approximate surface area is 52.0 Å². The summed E-state index contributed by atoms with van der Waals surface area (Å²) in [4.78, 5) is 13.2. The van der Waals surface area contributed by atoms with Gasteiger partial charge in [-0.1, -0.05) is 0 Å². The summed E-state index contributed by atoms with van der Waals surface area (Å²) in [5, 5.41) is 14.3. The number of carboxylic acid groups (broad SMARTS) is 1. The fourth-order valence-corrected chi connectivity index (χ4v) is 0.247. The molecule has 48 valence electrons. The number of aliphatic carboxylic acids is 1. The smallest absolute Gasteiger partial charge is 0.305 e. The van der Waals surface area contributed by atoms with Crippen molar-refractivity contribution < 1.29 is 9.90 Å². The van der Waals surface area contributed by atoms with Crippen molar-refractivity contribution in [3.8, 4) is 0 Å². The van der Waals surface area contributed by atoms with Gasteiger partial charge >= 0.3 is 5.97 Å². The van der Waals surface area contributed by atoms with E-state index in [1.165, 1.54) is 0 Å². The third kappa shape index (κ3) is 6.63. The van der Waals surface area contributed by atoms with Gasteiger partial charge in [0, 0.05) is 0 Å². The zero-order valence-electron chi connectivity index (χ0n) is 4.72. The minimum atomic E-state index is -0.898. The Bertz CT molecular complexity index is 175. The molecular weight excluding hydrogens is 120 g/mol. The molecule has 0 aromatic carbocycles. The predicted molar refractivity (Wildman–Crippen MR) is 32.3 cm³/mol. The highest BCUT2D eigenvalue weighted by Gasteiger charge is 1.90. The van der Waals surface area contributed by atoms with Crippen LogP contribution in [0.5, 0.6) is 0 Å². The highest BCUT2D eigenvalue weighted by Crippen LogP contribution is 1.76. The normalized spacial score (nSPS) is 7.11. The zero-order valence-corrected chi connectivity index (χ0v) is 4.72. The molecule has 0 bridgehead atoms. The van der Waals surface area contributed by atoms with Gasteiger partial charge in [-0.25, -0.2) is 10.4 Å². The van der Waals surface area contributed by atoms with Crippen molar-refractivity contribution in [1.82, 2.24) is 0 Å². The quantitative estimate of drug-likeness (QED) is 0.519. The molecule has 2 N–H and O–H groups in total. The third-order valence-electron chi connectivity index (χ3n) is 0.572. The number of nitrogens with zero attached hydrogens (tertiary/aromatic N) is 1. The standard InChI is InChI=1S/C5H6N2O2/c6-2-4-7-3-1-5(8)9/h6H,1,3H2,(H,8,9). The summed E-state index contributed by atoms with van der Waals surface area (Å²) in [6.07, 6.45) is -0.0192. The van der Waals surface area contributed by atoms with Gasteiger partial charge in [-0.3, -0.25) is 4.79 Å². The summed E-state index contributed by atoms with van der Waals surface area (Å²) in [7, 11) is 0. The second kappa shape index (κ2) is 4.78. The van der Waals surface area contributed by atoms with Gasteiger partial charge < -0.3 is 5.11 Å². The van der Waals surface area contributed by atoms with E-state index >= 15 is 0 Å². The van der Waals surface area contributed by atoms with Crippen LogP contribution >= 0.6 is 0 Å². The van der Waals surface area contributed by atoms with Gasteiger partial charge in [-0.2, -0.15) is 0 Å². The highest BCUT2D eigenvalue weighted by molar-refractivity contribution is 5.86. The van der Waals surface area contributed by atoms with E-state index in [0.717, 1.165) is 0 Å². The molecule has 9 heavy (non-hydrogen) atoms. The SMILES string of the molecule is N=C=C=NCCC(=O)O. The van der Waals surface area contributed by atoms with Crippen molar-refractivity contribution in [2.75, 3.05) is 6.54 Å². The highest BCUT2D eigenvalue weighted by atomic mass is 16.4. The fourth-order valence-electron chi connectivity index (χ4n) is 0.247. The molecule has 0 saturated heterocycles. The Hall–Kier alpha value is -1.37. The van der Waals surface area contributed by atoms with Gasteiger partial charge in [0.1, 0.15) is 0 Å². The summed E-state index contributed by atoms with van der Waals surface area (Å²) >= 11 is 0. The van der Waals surface area contributed by atoms with Gasteiger partial charge in [0.2, 0.25) is 0 Å². The minimum absolute atomic E-state index is 0.0192. The summed E-state index contributed by atoms with van der Waals surface area (Å²) in [6.45, 7) is 0.168. The molecule has 0 aliphatic heterocycles. The number of carbonyl (C=O) groups is 1. The van der Waals surface area contributed by atoms with E-state index in [-0.39, 0.29) is 13.0 Å². The molecule has 0 aliphatic carbocycles. The summed E-state index contributed by atoms with van der Waals surface area (Å²) in [5.74, 6) is 2.97. The second-order valence-electron chi connectivity index (χ2n) is 1.26. The fraction of sp³-hybridized carbons (Fsp3) is 0.400. The molecule has 0 saturated carbocycles. The topological polar surface area (TPSA) is 73.5 Å². The molecule has 0 aliphatic rings. The first kappa shape index (κ1) is 7.63. The lowest BCUT2D eigenvalue weighted by Gasteiger charge is -1.81. The van der Waals surface area contributed by atoms with E-state index in [4.69, 9.17) is 10.5 Å². The van der Waals surface area contributed by atoms with Crippen molar-refractivity contribution in [3.05, 3.63) is 0 Å². The van der Waals surface area contributed by atoms with Gasteiger partial charge in [0.15, 0.2) is 0 Å². The molecule has 0 spiro atoms. The predicted octanol–water partition coefficient (Wildman–Crippen LogP) is -0.0645. The average molecular weight is 126 g/mol. The van der Waals surface area contributed by atoms with Crippen molar-refractivity contribution in [3.63, 3.8) is 0 Å². The van der Waals surface area contributed by atoms with Gasteiger partial charge in [0.25, 0.3) is 0 Å². The first-order chi connectivity index (χ1) is 4.27. The first-order valence-electron chi connectivity index (χ1n) is 2.32. The van der Waals surface area contributed by atoms with Crippen LogP contribution in [0.2, 0.25) is 0 Å². The van der Waals surface area contributed by atoms with Crippen LogP contribution in [0.15, 0.2) is 4.99 Å². The molecule has 0 aromatic heterocycles. The lowest BCUT2D eigenvalue weighted by molar-refractivity contribution is -0.136. The summed E-state index contributed by atoms with van der Waals surface area (Å²) in [6, 6.07) is 0. The van der Waals surface area contributed by atoms with Crippen LogP contribution in [0.3, 0.4) is 0 Å². The first-order valence-corrected chi connectivity index (χ1v) is 2.32. The second-order valence-corrected chi connectivity index (χ2v) is 1.26. The molecule has 0 atom stereocenters. The third-order valence-corrected chi connectivity index (χ3v) is 0.572. The largest absolute Gasteiger partial charge is 0.481 e. The lowest BCUT2D eigenvalue weighted by Crippen LogP contribution is -1.95. The van der Waals surface area contributed by atoms with E-state index < -0.39 is 5.97 Å². The number of hydrogen-bond donors (Lipinski definition) is 2. The minimum Gasteiger partial charge on any atom is -0.481 e. The Kier molecular flexibility index (Phi) is 4.05. The van der Waals surface area contributed by atoms with Crippen LogP contribution in [0.25, 0.3) is 0 Å². The molecular formula is C5H6N2O2. The van der Waals surface area contributed by atoms with Crippen LogP contribution < -0.4 is 0 Å². The van der Waals surface area contributed by atoms with Gasteiger partial charge in [-0.15, -0.1) is 0 Å². The van der Waals surface area contributed by atoms with Crippen molar-refractivity contribution in [2.45, 2.75) is 6.42 Å². The number of hydrogen-bond acceptors (Lipinski definition) is 3. The average Bonchev–Trinajstić information content (AvgIpc) is 1.80. The Morgan fingerprint density at radius 3 is 2.89 bits per heavy atom. The zero-order chi connectivity index (χ0) is 7.11. The van der Waals surface area contributed by atoms with Crippen LogP contribution in [0.4, 0.5) is 0 Å². The molecule has 0 amide bonds. The van der Waals surface area contributed by atoms with Crippen molar-refractivity contribution in [1.29, 1.82) is 5.41 Å². The maximum absolute atomic E-state index is 9.81. The number of nitrogens with one attached hydrogen (secondary N) is 1. The van der Waals surface area contributed by atoms with E-state index in [1.54, 1.807) is 5.87 Å². The molecule has 0 fully saturated rings. The Morgan fingerprint density at radius 2 is 2.44 bits per heavy atom. The molecule has 4 heteroatoms. The van der Waals surface area contributed by atoms with E-state index in [2.05, 4.69) is 10.9 Å². The van der Waals surface area contributed by atoms with E-state index in [0.29, 0.717) is 0 Å². The monoisotopic (exact) mass is 126 g/mol. The van der Waals surface area contributed by atoms with E-state index in [9.17, 15) is 4.79 Å². The van der Waals surface area contributed by atoms with Crippen LogP contribution in [-0.4, -0.2) is 29.4 Å². The summed E-state index contributed by atoms with van der Waals surface area (Å²) in [5.41, 5.74) is 0. The maximum Gasteiger partial charge on any atom is 0.305 e. The van der Waals surface area contributed by atoms with Gasteiger partial charge in [0.05, 0.1) is 24.7 Å². The van der Waals surface area contributed by atoms with Gasteiger partial charge in [-0.05, 0) is 0 Å². The molecule has 0 aromatic rings. The lowest BCUT2D eigenvalue weighted by atomic mass is 10.4. The number of aliphatic imine (C=N–C) groups is 1. The Morgan fingerprint density at radius 1 is 1.78 bits per heavy atom. The molecule has 0 rings (SSSR count).